The summed E-state index contributed by atoms with van der Waals surface area (Å²) in [5.41, 5.74) is 0. The van der Waals surface area contributed by atoms with E-state index in [9.17, 15) is 9.59 Å². The molecule has 2 rings (SSSR count). The fourth-order valence-electron chi connectivity index (χ4n) is 2.53. The zero-order valence-electron chi connectivity index (χ0n) is 10.4. The van der Waals surface area contributed by atoms with Gasteiger partial charge in [-0.25, -0.2) is 5.01 Å². The molecule has 0 aliphatic carbocycles. The van der Waals surface area contributed by atoms with Crippen molar-refractivity contribution >= 4 is 11.7 Å². The smallest absolute Gasteiger partial charge is 0.256 e. The number of rotatable bonds is 2. The SMILES string of the molecule is CNC1CNCN2CCCC(C(C)=O)N2C1=O. The lowest BCUT2D eigenvalue weighted by Gasteiger charge is -2.42. The minimum absolute atomic E-state index is 0.00241. The highest BCUT2D eigenvalue weighted by Gasteiger charge is 2.39. The van der Waals surface area contributed by atoms with E-state index in [1.807, 2.05) is 5.01 Å². The Morgan fingerprint density at radius 2 is 2.29 bits per heavy atom. The number of likely N-dealkylation sites (N-methyl/N-ethyl adjacent to an activating group) is 1. The number of fused-ring (bicyclic) bond motifs is 1. The van der Waals surface area contributed by atoms with E-state index in [1.54, 1.807) is 19.0 Å². The fourth-order valence-corrected chi connectivity index (χ4v) is 2.53. The van der Waals surface area contributed by atoms with Crippen LogP contribution in [-0.4, -0.2) is 60.6 Å². The molecule has 0 aromatic rings. The maximum absolute atomic E-state index is 12.4. The first kappa shape index (κ1) is 12.5. The average molecular weight is 240 g/mol. The van der Waals surface area contributed by atoms with Crippen molar-refractivity contribution < 1.29 is 9.59 Å². The summed E-state index contributed by atoms with van der Waals surface area (Å²) < 4.78 is 0. The molecule has 2 heterocycles. The van der Waals surface area contributed by atoms with E-state index in [0.29, 0.717) is 13.2 Å². The lowest BCUT2D eigenvalue weighted by Crippen LogP contribution is -2.60. The van der Waals surface area contributed by atoms with Crippen LogP contribution in [0.1, 0.15) is 19.8 Å². The number of nitrogens with one attached hydrogen (secondary N) is 2. The van der Waals surface area contributed by atoms with Gasteiger partial charge in [0.05, 0.1) is 6.67 Å². The Hall–Kier alpha value is -0.980. The van der Waals surface area contributed by atoms with Gasteiger partial charge in [-0.1, -0.05) is 0 Å². The van der Waals surface area contributed by atoms with E-state index in [1.165, 1.54) is 0 Å². The van der Waals surface area contributed by atoms with Crippen molar-refractivity contribution in [1.29, 1.82) is 0 Å². The Balaban J connectivity index is 2.24. The van der Waals surface area contributed by atoms with Crippen LogP contribution in [0, 0.1) is 0 Å². The second-order valence-corrected chi connectivity index (χ2v) is 4.64. The molecule has 0 bridgehead atoms. The van der Waals surface area contributed by atoms with Crippen LogP contribution in [0.5, 0.6) is 0 Å². The van der Waals surface area contributed by atoms with E-state index in [4.69, 9.17) is 0 Å². The predicted octanol–water partition coefficient (Wildman–Crippen LogP) is -1.07. The highest BCUT2D eigenvalue weighted by Crippen LogP contribution is 2.20. The number of hydrogen-bond donors (Lipinski definition) is 2. The lowest BCUT2D eigenvalue weighted by atomic mass is 10.0. The Kier molecular flexibility index (Phi) is 3.76. The zero-order chi connectivity index (χ0) is 12.4. The third kappa shape index (κ3) is 2.34. The zero-order valence-corrected chi connectivity index (χ0v) is 10.4. The van der Waals surface area contributed by atoms with Crippen LogP contribution in [0.3, 0.4) is 0 Å². The Labute approximate surface area is 101 Å². The summed E-state index contributed by atoms with van der Waals surface area (Å²) in [6.07, 6.45) is 1.73. The number of nitrogens with zero attached hydrogens (tertiary/aromatic N) is 2. The molecule has 6 heteroatoms. The lowest BCUT2D eigenvalue weighted by molar-refractivity contribution is -0.166. The number of ketones is 1. The van der Waals surface area contributed by atoms with E-state index in [2.05, 4.69) is 10.6 Å². The highest BCUT2D eigenvalue weighted by atomic mass is 16.2. The molecule has 2 atom stereocenters. The summed E-state index contributed by atoms with van der Waals surface area (Å²) in [6, 6.07) is -0.535. The monoisotopic (exact) mass is 240 g/mol. The Bertz CT molecular complexity index is 321. The molecule has 0 aromatic carbocycles. The number of carbonyl (C=O) groups is 2. The molecular formula is C11H20N4O2. The molecule has 6 nitrogen and oxygen atoms in total. The average Bonchev–Trinajstić information content (AvgIpc) is 2.48. The number of hydrogen-bond acceptors (Lipinski definition) is 5. The third-order valence-corrected chi connectivity index (χ3v) is 3.48. The molecule has 2 fully saturated rings. The molecule has 2 aliphatic heterocycles. The van der Waals surface area contributed by atoms with Crippen molar-refractivity contribution in [1.82, 2.24) is 20.7 Å². The fraction of sp³-hybridized carbons (Fsp3) is 0.818. The number of hydrazine groups is 1. The van der Waals surface area contributed by atoms with E-state index in [0.717, 1.165) is 19.4 Å². The van der Waals surface area contributed by atoms with Crippen molar-refractivity contribution in [2.45, 2.75) is 31.8 Å². The maximum Gasteiger partial charge on any atom is 0.256 e. The first-order valence-corrected chi connectivity index (χ1v) is 6.11. The minimum atomic E-state index is -0.285. The highest BCUT2D eigenvalue weighted by molar-refractivity contribution is 5.89. The van der Waals surface area contributed by atoms with Gasteiger partial charge in [0, 0.05) is 13.1 Å². The van der Waals surface area contributed by atoms with Gasteiger partial charge >= 0.3 is 0 Å². The summed E-state index contributed by atoms with van der Waals surface area (Å²) in [6.45, 7) is 3.63. The summed E-state index contributed by atoms with van der Waals surface area (Å²) in [4.78, 5) is 24.0. The van der Waals surface area contributed by atoms with Gasteiger partial charge in [0.25, 0.3) is 5.91 Å². The normalized spacial score (nSPS) is 30.9. The molecule has 2 N–H and O–H groups in total. The molecule has 0 saturated carbocycles. The minimum Gasteiger partial charge on any atom is -0.308 e. The van der Waals surface area contributed by atoms with Crippen LogP contribution in [0.4, 0.5) is 0 Å². The summed E-state index contributed by atoms with van der Waals surface area (Å²) in [5.74, 6) is 0.0669. The molecule has 17 heavy (non-hydrogen) atoms. The molecule has 2 saturated heterocycles. The quantitative estimate of drug-likeness (QED) is 0.643. The van der Waals surface area contributed by atoms with Gasteiger partial charge in [-0.15, -0.1) is 0 Å². The second kappa shape index (κ2) is 5.12. The van der Waals surface area contributed by atoms with Gasteiger partial charge in [0.1, 0.15) is 12.1 Å². The van der Waals surface area contributed by atoms with Crippen molar-refractivity contribution in [2.24, 2.45) is 0 Å². The topological polar surface area (TPSA) is 64.7 Å². The van der Waals surface area contributed by atoms with Crippen molar-refractivity contribution in [3.05, 3.63) is 0 Å². The molecule has 2 aliphatic rings. The van der Waals surface area contributed by atoms with Crippen LogP contribution in [0.25, 0.3) is 0 Å². The first-order valence-electron chi connectivity index (χ1n) is 6.11. The van der Waals surface area contributed by atoms with Crippen molar-refractivity contribution in [3.63, 3.8) is 0 Å². The van der Waals surface area contributed by atoms with Crippen molar-refractivity contribution in [2.75, 3.05) is 26.8 Å². The van der Waals surface area contributed by atoms with E-state index >= 15 is 0 Å². The van der Waals surface area contributed by atoms with Crippen LogP contribution in [0.2, 0.25) is 0 Å². The molecule has 2 unspecified atom stereocenters. The number of amides is 1. The second-order valence-electron chi connectivity index (χ2n) is 4.64. The summed E-state index contributed by atoms with van der Waals surface area (Å²) in [7, 11) is 1.77. The third-order valence-electron chi connectivity index (χ3n) is 3.48. The Morgan fingerprint density at radius 3 is 2.94 bits per heavy atom. The van der Waals surface area contributed by atoms with Crippen LogP contribution >= 0.6 is 0 Å². The van der Waals surface area contributed by atoms with Gasteiger partial charge in [-0.3, -0.25) is 14.6 Å². The van der Waals surface area contributed by atoms with Gasteiger partial charge in [0.2, 0.25) is 0 Å². The molecule has 0 radical (unpaired) electrons. The van der Waals surface area contributed by atoms with Gasteiger partial charge in [-0.2, -0.15) is 0 Å². The molecule has 0 aromatic heterocycles. The van der Waals surface area contributed by atoms with Crippen LogP contribution in [-0.2, 0) is 9.59 Å². The van der Waals surface area contributed by atoms with Crippen molar-refractivity contribution in [3.8, 4) is 0 Å². The van der Waals surface area contributed by atoms with Gasteiger partial charge < -0.3 is 10.6 Å². The molecular weight excluding hydrogens is 220 g/mol. The molecule has 1 amide bonds. The predicted molar refractivity (Wildman–Crippen MR) is 63.0 cm³/mol. The maximum atomic E-state index is 12.4. The largest absolute Gasteiger partial charge is 0.308 e. The summed E-state index contributed by atoms with van der Waals surface area (Å²) in [5, 5.41) is 9.83. The Morgan fingerprint density at radius 1 is 1.53 bits per heavy atom. The molecule has 96 valence electrons. The number of Topliss-reactive ketones (excluding diaryl/α,β-unsaturated/α-hetero) is 1. The van der Waals surface area contributed by atoms with Gasteiger partial charge in [-0.05, 0) is 26.8 Å². The van der Waals surface area contributed by atoms with Crippen LogP contribution in [0.15, 0.2) is 0 Å². The van der Waals surface area contributed by atoms with E-state index < -0.39 is 0 Å². The standard InChI is InChI=1S/C11H20N4O2/c1-8(16)10-4-3-5-14-7-13-6-9(12-2)11(17)15(10)14/h9-10,12-13H,3-7H2,1-2H3. The first-order chi connectivity index (χ1) is 8.15. The molecule has 0 spiro atoms. The van der Waals surface area contributed by atoms with Crippen LogP contribution < -0.4 is 10.6 Å². The number of carbonyl (C=O) groups excluding carboxylic acids is 2. The summed E-state index contributed by atoms with van der Waals surface area (Å²) >= 11 is 0. The van der Waals surface area contributed by atoms with Gasteiger partial charge in [0.15, 0.2) is 5.78 Å². The van der Waals surface area contributed by atoms with E-state index in [-0.39, 0.29) is 23.8 Å².